The molecule has 8 heteroatoms. The highest BCUT2D eigenvalue weighted by molar-refractivity contribution is 6.05. The normalized spacial score (nSPS) is 16.3. The van der Waals surface area contributed by atoms with Gasteiger partial charge >= 0.3 is 5.97 Å². The van der Waals surface area contributed by atoms with Crippen LogP contribution in [0.15, 0.2) is 48.5 Å². The Kier molecular flexibility index (Phi) is 6.87. The molecule has 2 aliphatic rings. The SMILES string of the molecule is CC(C)N1CCc2nc3ccccc3c(C(=O)OCC(=O)N3CCN(c4ccc(F)cc4)CC3)c2C1. The van der Waals surface area contributed by atoms with Gasteiger partial charge in [-0.1, -0.05) is 18.2 Å². The van der Waals surface area contributed by atoms with E-state index in [2.05, 4.69) is 23.6 Å². The zero-order valence-corrected chi connectivity index (χ0v) is 20.7. The van der Waals surface area contributed by atoms with E-state index < -0.39 is 5.97 Å². The standard InChI is InChI=1S/C28H31FN4O3/c1-19(2)33-12-11-25-23(17-33)27(22-5-3-4-6-24(22)30-25)28(35)36-18-26(34)32-15-13-31(14-16-32)21-9-7-20(29)8-10-21/h3-10,19H,11-18H2,1-2H3. The van der Waals surface area contributed by atoms with Crippen molar-refractivity contribution >= 4 is 28.5 Å². The second-order valence-electron chi connectivity index (χ2n) is 9.66. The molecule has 0 bridgehead atoms. The Morgan fingerprint density at radius 2 is 1.72 bits per heavy atom. The largest absolute Gasteiger partial charge is 0.452 e. The summed E-state index contributed by atoms with van der Waals surface area (Å²) in [7, 11) is 0. The molecule has 0 atom stereocenters. The third kappa shape index (κ3) is 4.91. The molecule has 2 aliphatic heterocycles. The summed E-state index contributed by atoms with van der Waals surface area (Å²) in [5.74, 6) is -0.957. The van der Waals surface area contributed by atoms with Gasteiger partial charge in [0.25, 0.3) is 5.91 Å². The maximum atomic E-state index is 13.4. The first kappa shape index (κ1) is 24.2. The van der Waals surface area contributed by atoms with Crippen molar-refractivity contribution < 1.29 is 18.7 Å². The molecule has 0 saturated carbocycles. The summed E-state index contributed by atoms with van der Waals surface area (Å²) in [6, 6.07) is 14.3. The molecule has 1 fully saturated rings. The minimum atomic E-state index is -0.478. The number of hydrogen-bond acceptors (Lipinski definition) is 6. The Morgan fingerprint density at radius 3 is 2.44 bits per heavy atom. The van der Waals surface area contributed by atoms with Crippen LogP contribution in [0.3, 0.4) is 0 Å². The van der Waals surface area contributed by atoms with E-state index in [-0.39, 0.29) is 18.3 Å². The molecular formula is C28H31FN4O3. The van der Waals surface area contributed by atoms with E-state index in [1.165, 1.54) is 12.1 Å². The first-order valence-electron chi connectivity index (χ1n) is 12.5. The van der Waals surface area contributed by atoms with Crippen LogP contribution in [0.5, 0.6) is 0 Å². The summed E-state index contributed by atoms with van der Waals surface area (Å²) >= 11 is 0. The number of hydrogen-bond donors (Lipinski definition) is 0. The number of nitrogens with zero attached hydrogens (tertiary/aromatic N) is 4. The van der Waals surface area contributed by atoms with Crippen molar-refractivity contribution in [3.05, 3.63) is 71.2 Å². The molecule has 1 saturated heterocycles. The maximum absolute atomic E-state index is 13.4. The highest BCUT2D eigenvalue weighted by atomic mass is 19.1. The van der Waals surface area contributed by atoms with Gasteiger partial charge < -0.3 is 14.5 Å². The van der Waals surface area contributed by atoms with E-state index in [1.54, 1.807) is 17.0 Å². The van der Waals surface area contributed by atoms with Crippen molar-refractivity contribution in [3.8, 4) is 0 Å². The molecule has 0 N–H and O–H groups in total. The summed E-state index contributed by atoms with van der Waals surface area (Å²) in [6.45, 7) is 7.83. The molecule has 3 aromatic rings. The summed E-state index contributed by atoms with van der Waals surface area (Å²) in [4.78, 5) is 37.2. The molecule has 7 nitrogen and oxygen atoms in total. The molecule has 1 amide bonds. The molecule has 1 aromatic heterocycles. The summed E-state index contributed by atoms with van der Waals surface area (Å²) in [5, 5.41) is 0.757. The van der Waals surface area contributed by atoms with E-state index >= 15 is 0 Å². The molecule has 2 aromatic carbocycles. The monoisotopic (exact) mass is 490 g/mol. The third-order valence-electron chi connectivity index (χ3n) is 7.16. The van der Waals surface area contributed by atoms with Crippen molar-refractivity contribution in [3.63, 3.8) is 0 Å². The highest BCUT2D eigenvalue weighted by Crippen LogP contribution is 2.29. The number of fused-ring (bicyclic) bond motifs is 2. The lowest BCUT2D eigenvalue weighted by atomic mass is 9.95. The fourth-order valence-electron chi connectivity index (χ4n) is 5.04. The molecule has 0 spiro atoms. The Balaban J connectivity index is 1.27. The van der Waals surface area contributed by atoms with Gasteiger partial charge in [0.1, 0.15) is 5.82 Å². The van der Waals surface area contributed by atoms with E-state index in [0.29, 0.717) is 44.3 Å². The molecule has 0 aliphatic carbocycles. The van der Waals surface area contributed by atoms with Crippen LogP contribution in [0, 0.1) is 5.82 Å². The van der Waals surface area contributed by atoms with Crippen molar-refractivity contribution in [2.75, 3.05) is 44.2 Å². The first-order valence-corrected chi connectivity index (χ1v) is 12.5. The van der Waals surface area contributed by atoms with Gasteiger partial charge in [-0.05, 0) is 44.2 Å². The van der Waals surface area contributed by atoms with Gasteiger partial charge in [-0.25, -0.2) is 9.18 Å². The lowest BCUT2D eigenvalue weighted by Crippen LogP contribution is -2.50. The summed E-state index contributed by atoms with van der Waals surface area (Å²) < 4.78 is 18.8. The van der Waals surface area contributed by atoms with Gasteiger partial charge in [0, 0.05) is 74.1 Å². The minimum Gasteiger partial charge on any atom is -0.452 e. The Hall–Kier alpha value is -3.52. The highest BCUT2D eigenvalue weighted by Gasteiger charge is 2.29. The lowest BCUT2D eigenvalue weighted by Gasteiger charge is -2.36. The van der Waals surface area contributed by atoms with Crippen LogP contribution in [0.2, 0.25) is 0 Å². The number of carbonyl (C=O) groups excluding carboxylic acids is 2. The number of piperazine rings is 1. The van der Waals surface area contributed by atoms with Crippen LogP contribution >= 0.6 is 0 Å². The number of para-hydroxylation sites is 1. The van der Waals surface area contributed by atoms with Crippen LogP contribution in [-0.4, -0.2) is 72.0 Å². The van der Waals surface area contributed by atoms with Crippen LogP contribution in [0.25, 0.3) is 10.9 Å². The van der Waals surface area contributed by atoms with E-state index in [4.69, 9.17) is 9.72 Å². The number of amides is 1. The fraction of sp³-hybridized carbons (Fsp3) is 0.393. The number of halogens is 1. The minimum absolute atomic E-state index is 0.210. The average molecular weight is 491 g/mol. The van der Waals surface area contributed by atoms with Crippen LogP contribution in [0.4, 0.5) is 10.1 Å². The molecule has 0 radical (unpaired) electrons. The van der Waals surface area contributed by atoms with Crippen LogP contribution in [-0.2, 0) is 22.5 Å². The predicted molar refractivity (Wildman–Crippen MR) is 136 cm³/mol. The van der Waals surface area contributed by atoms with E-state index in [1.807, 2.05) is 24.3 Å². The Morgan fingerprint density at radius 1 is 1.00 bits per heavy atom. The Labute approximate surface area is 210 Å². The molecule has 5 rings (SSSR count). The predicted octanol–water partition coefficient (Wildman–Crippen LogP) is 3.65. The smallest absolute Gasteiger partial charge is 0.339 e. The van der Waals surface area contributed by atoms with E-state index in [9.17, 15) is 14.0 Å². The zero-order valence-electron chi connectivity index (χ0n) is 20.7. The topological polar surface area (TPSA) is 66.0 Å². The number of benzene rings is 2. The number of rotatable bonds is 5. The van der Waals surface area contributed by atoms with Gasteiger partial charge in [0.05, 0.1) is 11.1 Å². The van der Waals surface area contributed by atoms with Crippen molar-refractivity contribution in [1.82, 2.24) is 14.8 Å². The second-order valence-corrected chi connectivity index (χ2v) is 9.66. The average Bonchev–Trinajstić information content (AvgIpc) is 2.90. The van der Waals surface area contributed by atoms with Gasteiger partial charge in [-0.2, -0.15) is 0 Å². The number of ether oxygens (including phenoxy) is 1. The van der Waals surface area contributed by atoms with Gasteiger partial charge in [-0.3, -0.25) is 14.7 Å². The lowest BCUT2D eigenvalue weighted by molar-refractivity contribution is -0.134. The van der Waals surface area contributed by atoms with Gasteiger partial charge in [-0.15, -0.1) is 0 Å². The first-order chi connectivity index (χ1) is 17.4. The van der Waals surface area contributed by atoms with Crippen LogP contribution < -0.4 is 4.90 Å². The second kappa shape index (κ2) is 10.2. The number of esters is 1. The van der Waals surface area contributed by atoms with Crippen molar-refractivity contribution in [2.45, 2.75) is 32.9 Å². The van der Waals surface area contributed by atoms with Crippen LogP contribution in [0.1, 0.15) is 35.5 Å². The number of carbonyl (C=O) groups is 2. The molecule has 0 unspecified atom stereocenters. The summed E-state index contributed by atoms with van der Waals surface area (Å²) in [5.41, 5.74) is 4.05. The number of anilines is 1. The molecule has 188 valence electrons. The molecular weight excluding hydrogens is 459 g/mol. The van der Waals surface area contributed by atoms with Crippen molar-refractivity contribution in [2.24, 2.45) is 0 Å². The van der Waals surface area contributed by atoms with E-state index in [0.717, 1.165) is 40.8 Å². The maximum Gasteiger partial charge on any atom is 0.339 e. The fourth-order valence-corrected chi connectivity index (χ4v) is 5.04. The molecule has 36 heavy (non-hydrogen) atoms. The summed E-state index contributed by atoms with van der Waals surface area (Å²) in [6.07, 6.45) is 0.774. The number of aromatic nitrogens is 1. The number of pyridine rings is 1. The van der Waals surface area contributed by atoms with Gasteiger partial charge in [0.15, 0.2) is 6.61 Å². The zero-order chi connectivity index (χ0) is 25.2. The Bertz CT molecular complexity index is 1270. The van der Waals surface area contributed by atoms with Crippen molar-refractivity contribution in [1.29, 1.82) is 0 Å². The quantitative estimate of drug-likeness (QED) is 0.509. The van der Waals surface area contributed by atoms with Gasteiger partial charge in [0.2, 0.25) is 0 Å². The third-order valence-corrected chi connectivity index (χ3v) is 7.16. The molecule has 3 heterocycles.